The number of anilines is 1. The molecule has 0 saturated carbocycles. The molecule has 1 aliphatic rings. The van der Waals surface area contributed by atoms with Crippen LogP contribution in [-0.4, -0.2) is 78.4 Å². The van der Waals surface area contributed by atoms with Gasteiger partial charge in [0.1, 0.15) is 16.8 Å². The van der Waals surface area contributed by atoms with Crippen LogP contribution in [0.4, 0.5) is 10.2 Å². The number of methoxy groups -OCH3 is 1. The quantitative estimate of drug-likeness (QED) is 0.268. The van der Waals surface area contributed by atoms with Crippen molar-refractivity contribution in [1.82, 2.24) is 20.2 Å². The third-order valence-electron chi connectivity index (χ3n) is 4.94. The number of ether oxygens (including phenoxy) is 1. The molecule has 1 aromatic carbocycles. The second-order valence-electron chi connectivity index (χ2n) is 7.24. The number of nitrogens with one attached hydrogen (secondary N) is 1. The minimum Gasteiger partial charge on any atom is -0.383 e. The first kappa shape index (κ1) is 24.2. The minimum absolute atomic E-state index is 0.0698. The van der Waals surface area contributed by atoms with E-state index in [2.05, 4.69) is 15.3 Å². The number of benzene rings is 1. The van der Waals surface area contributed by atoms with Gasteiger partial charge in [0.15, 0.2) is 5.16 Å². The first-order valence-electron chi connectivity index (χ1n) is 10.1. The molecule has 1 unspecified atom stereocenters. The maximum atomic E-state index is 14.0. The largest absolute Gasteiger partial charge is 0.383 e. The lowest BCUT2D eigenvalue weighted by Gasteiger charge is -2.40. The molecule has 1 fully saturated rings. The normalized spacial score (nSPS) is 16.2. The molecule has 1 aliphatic heterocycles. The number of hydrogen-bond acceptors (Lipinski definition) is 7. The Hall–Kier alpha value is -2.43. The molecule has 11 heteroatoms. The molecule has 1 N–H and O–H groups in total. The number of aromatic nitrogens is 2. The van der Waals surface area contributed by atoms with Crippen molar-refractivity contribution in [2.75, 3.05) is 50.5 Å². The van der Waals surface area contributed by atoms with Gasteiger partial charge < -0.3 is 19.9 Å². The van der Waals surface area contributed by atoms with E-state index in [1.807, 2.05) is 11.8 Å². The predicted molar refractivity (Wildman–Crippen MR) is 122 cm³/mol. The topological polar surface area (TPSA) is 87.7 Å². The van der Waals surface area contributed by atoms with E-state index in [-0.39, 0.29) is 34.3 Å². The lowest BCUT2D eigenvalue weighted by molar-refractivity contribution is -0.118. The fourth-order valence-corrected chi connectivity index (χ4v) is 4.25. The zero-order valence-corrected chi connectivity index (χ0v) is 19.5. The molecule has 8 nitrogen and oxygen atoms in total. The summed E-state index contributed by atoms with van der Waals surface area (Å²) in [5.41, 5.74) is 0.0698. The second-order valence-corrected chi connectivity index (χ2v) is 8.57. The summed E-state index contributed by atoms with van der Waals surface area (Å²) in [6, 6.07) is 7.49. The van der Waals surface area contributed by atoms with E-state index >= 15 is 0 Å². The summed E-state index contributed by atoms with van der Waals surface area (Å²) >= 11 is 7.38. The van der Waals surface area contributed by atoms with Crippen molar-refractivity contribution in [2.24, 2.45) is 0 Å². The zero-order chi connectivity index (χ0) is 23.1. The van der Waals surface area contributed by atoms with Gasteiger partial charge in [-0.15, -0.1) is 0 Å². The average Bonchev–Trinajstić information content (AvgIpc) is 2.77. The highest BCUT2D eigenvalue weighted by atomic mass is 35.5. The third-order valence-corrected chi connectivity index (χ3v) is 5.98. The number of carbonyl (C=O) groups is 2. The smallest absolute Gasteiger partial charge is 0.257 e. The zero-order valence-electron chi connectivity index (χ0n) is 17.9. The monoisotopic (exact) mass is 481 g/mol. The maximum absolute atomic E-state index is 14.0. The standard InChI is InChI=1S/C21H25ClFN5O3S/c1-14-12-27(8-9-28(14)20(30)15-5-3-4-6-16(15)23)18-11-17(22)25-21(26-18)32-13-19(29)24-7-10-31-2/h3-6,11,14H,7-10,12-13H2,1-2H3,(H,24,29). The summed E-state index contributed by atoms with van der Waals surface area (Å²) < 4.78 is 18.9. The molecular formula is C21H25ClFN5O3S. The van der Waals surface area contributed by atoms with Gasteiger partial charge >= 0.3 is 0 Å². The van der Waals surface area contributed by atoms with Crippen LogP contribution in [0.1, 0.15) is 17.3 Å². The molecule has 3 rings (SSSR count). The summed E-state index contributed by atoms with van der Waals surface area (Å²) in [4.78, 5) is 37.1. The molecule has 1 atom stereocenters. The third kappa shape index (κ3) is 6.30. The van der Waals surface area contributed by atoms with Crippen LogP contribution >= 0.6 is 23.4 Å². The Kier molecular flexibility index (Phi) is 8.66. The number of amides is 2. The molecule has 172 valence electrons. The van der Waals surface area contributed by atoms with Crippen molar-refractivity contribution < 1.29 is 18.7 Å². The van der Waals surface area contributed by atoms with Crippen LogP contribution < -0.4 is 10.2 Å². The molecule has 2 aromatic rings. The van der Waals surface area contributed by atoms with Crippen molar-refractivity contribution >= 4 is 41.0 Å². The lowest BCUT2D eigenvalue weighted by atomic mass is 10.1. The van der Waals surface area contributed by atoms with Crippen LogP contribution in [0.25, 0.3) is 0 Å². The van der Waals surface area contributed by atoms with E-state index in [4.69, 9.17) is 16.3 Å². The number of hydrogen-bond donors (Lipinski definition) is 1. The Labute approximate surface area is 195 Å². The van der Waals surface area contributed by atoms with Gasteiger partial charge in [-0.05, 0) is 19.1 Å². The summed E-state index contributed by atoms with van der Waals surface area (Å²) in [5.74, 6) is -0.220. The van der Waals surface area contributed by atoms with Crippen molar-refractivity contribution in [3.8, 4) is 0 Å². The maximum Gasteiger partial charge on any atom is 0.257 e. The van der Waals surface area contributed by atoms with Gasteiger partial charge in [0.05, 0.1) is 17.9 Å². The van der Waals surface area contributed by atoms with Crippen LogP contribution in [0.3, 0.4) is 0 Å². The fourth-order valence-electron chi connectivity index (χ4n) is 3.34. The molecule has 0 spiro atoms. The molecule has 1 aromatic heterocycles. The van der Waals surface area contributed by atoms with Crippen LogP contribution in [0.15, 0.2) is 35.5 Å². The minimum atomic E-state index is -0.525. The molecule has 2 heterocycles. The van der Waals surface area contributed by atoms with Crippen LogP contribution in [0.5, 0.6) is 0 Å². The summed E-state index contributed by atoms with van der Waals surface area (Å²) in [6.45, 7) is 4.23. The van der Waals surface area contributed by atoms with Gasteiger partial charge in [-0.25, -0.2) is 14.4 Å². The molecule has 0 aliphatic carbocycles. The van der Waals surface area contributed by atoms with E-state index in [9.17, 15) is 14.0 Å². The number of rotatable bonds is 8. The Morgan fingerprint density at radius 2 is 2.09 bits per heavy atom. The predicted octanol–water partition coefficient (Wildman–Crippen LogP) is 2.47. The van der Waals surface area contributed by atoms with Crippen molar-refractivity contribution in [2.45, 2.75) is 18.1 Å². The first-order chi connectivity index (χ1) is 15.4. The average molecular weight is 482 g/mol. The SMILES string of the molecule is COCCNC(=O)CSc1nc(Cl)cc(N2CCN(C(=O)c3ccccc3F)C(C)C2)n1. The van der Waals surface area contributed by atoms with E-state index in [1.54, 1.807) is 30.2 Å². The number of halogens is 2. The van der Waals surface area contributed by atoms with Crippen molar-refractivity contribution in [3.63, 3.8) is 0 Å². The Morgan fingerprint density at radius 1 is 1.31 bits per heavy atom. The number of carbonyl (C=O) groups excluding carboxylic acids is 2. The number of nitrogens with zero attached hydrogens (tertiary/aromatic N) is 4. The summed E-state index contributed by atoms with van der Waals surface area (Å²) in [5, 5.41) is 3.41. The highest BCUT2D eigenvalue weighted by Crippen LogP contribution is 2.25. The summed E-state index contributed by atoms with van der Waals surface area (Å²) in [6.07, 6.45) is 0. The van der Waals surface area contributed by atoms with E-state index in [0.29, 0.717) is 43.8 Å². The molecule has 0 radical (unpaired) electrons. The summed E-state index contributed by atoms with van der Waals surface area (Å²) in [7, 11) is 1.57. The molecule has 1 saturated heterocycles. The lowest BCUT2D eigenvalue weighted by Crippen LogP contribution is -2.54. The second kappa shape index (κ2) is 11.4. The van der Waals surface area contributed by atoms with Crippen molar-refractivity contribution in [3.05, 3.63) is 46.9 Å². The van der Waals surface area contributed by atoms with Gasteiger partial charge in [0, 0.05) is 45.4 Å². The van der Waals surface area contributed by atoms with E-state index in [0.717, 1.165) is 0 Å². The highest BCUT2D eigenvalue weighted by molar-refractivity contribution is 7.99. The van der Waals surface area contributed by atoms with E-state index in [1.165, 1.54) is 23.9 Å². The highest BCUT2D eigenvalue weighted by Gasteiger charge is 2.30. The van der Waals surface area contributed by atoms with Crippen LogP contribution in [0, 0.1) is 5.82 Å². The van der Waals surface area contributed by atoms with Gasteiger partial charge in [-0.2, -0.15) is 0 Å². The molecule has 2 amide bonds. The van der Waals surface area contributed by atoms with Crippen molar-refractivity contribution in [1.29, 1.82) is 0 Å². The Balaban J connectivity index is 1.62. The number of piperazine rings is 1. The van der Waals surface area contributed by atoms with Crippen LogP contribution in [-0.2, 0) is 9.53 Å². The van der Waals surface area contributed by atoms with E-state index < -0.39 is 5.82 Å². The molecule has 0 bridgehead atoms. The number of thioether (sulfide) groups is 1. The van der Waals surface area contributed by atoms with Gasteiger partial charge in [0.2, 0.25) is 5.91 Å². The van der Waals surface area contributed by atoms with Gasteiger partial charge in [-0.1, -0.05) is 35.5 Å². The molecular weight excluding hydrogens is 457 g/mol. The Bertz CT molecular complexity index is 967. The van der Waals surface area contributed by atoms with Crippen LogP contribution in [0.2, 0.25) is 5.15 Å². The molecule has 32 heavy (non-hydrogen) atoms. The van der Waals surface area contributed by atoms with Gasteiger partial charge in [-0.3, -0.25) is 9.59 Å². The van der Waals surface area contributed by atoms with Gasteiger partial charge in [0.25, 0.3) is 5.91 Å². The Morgan fingerprint density at radius 3 is 2.81 bits per heavy atom. The fraction of sp³-hybridized carbons (Fsp3) is 0.429. The first-order valence-corrected chi connectivity index (χ1v) is 11.5.